The third kappa shape index (κ3) is 4.58. The van der Waals surface area contributed by atoms with Crippen LogP contribution in [0.15, 0.2) is 48.5 Å². The second kappa shape index (κ2) is 7.43. The van der Waals surface area contributed by atoms with Crippen molar-refractivity contribution >= 4 is 23.2 Å². The van der Waals surface area contributed by atoms with Crippen LogP contribution < -0.4 is 10.6 Å². The number of rotatable bonds is 5. The molecule has 116 valence electrons. The van der Waals surface area contributed by atoms with Gasteiger partial charge in [0.25, 0.3) is 5.91 Å². The summed E-state index contributed by atoms with van der Waals surface area (Å²) < 4.78 is 0. The van der Waals surface area contributed by atoms with Gasteiger partial charge in [0.2, 0.25) is 0 Å². The molecule has 0 aromatic heterocycles. The fourth-order valence-corrected chi connectivity index (χ4v) is 2.60. The molecule has 22 heavy (non-hydrogen) atoms. The van der Waals surface area contributed by atoms with E-state index in [1.807, 2.05) is 67.7 Å². The van der Waals surface area contributed by atoms with Crippen molar-refractivity contribution < 1.29 is 10.1 Å². The molecule has 1 amide bonds. The molecule has 2 aromatic rings. The minimum Gasteiger partial charge on any atom is -0.330 e. The molecular formula is C18H22ClN2O+. The molecule has 0 aliphatic heterocycles. The van der Waals surface area contributed by atoms with Crippen molar-refractivity contribution in [3.05, 3.63) is 64.7 Å². The van der Waals surface area contributed by atoms with E-state index in [1.165, 1.54) is 0 Å². The lowest BCUT2D eigenvalue weighted by Gasteiger charge is -2.17. The van der Waals surface area contributed by atoms with E-state index < -0.39 is 0 Å². The van der Waals surface area contributed by atoms with E-state index in [2.05, 4.69) is 12.2 Å². The van der Waals surface area contributed by atoms with Gasteiger partial charge in [-0.3, -0.25) is 4.79 Å². The van der Waals surface area contributed by atoms with Gasteiger partial charge in [0.15, 0.2) is 6.04 Å². The van der Waals surface area contributed by atoms with Gasteiger partial charge in [-0.2, -0.15) is 0 Å². The van der Waals surface area contributed by atoms with Gasteiger partial charge < -0.3 is 10.6 Å². The molecule has 3 nitrogen and oxygen atoms in total. The second-order valence-corrected chi connectivity index (χ2v) is 6.12. The number of nitrogens with two attached hydrogens (primary N) is 1. The first-order chi connectivity index (χ1) is 10.5. The zero-order valence-corrected chi connectivity index (χ0v) is 13.9. The van der Waals surface area contributed by atoms with E-state index in [0.29, 0.717) is 0 Å². The maximum Gasteiger partial charge on any atom is 0.282 e. The van der Waals surface area contributed by atoms with Gasteiger partial charge >= 0.3 is 0 Å². The molecule has 4 heteroatoms. The SMILES string of the molecule is Cc1cccc(NC(=O)[C@H](C)[NH2+][C@@H](C)c2cccc(Cl)c2)c1. The molecule has 3 N–H and O–H groups in total. The van der Waals surface area contributed by atoms with Crippen LogP contribution >= 0.6 is 11.6 Å². The Balaban J connectivity index is 1.96. The smallest absolute Gasteiger partial charge is 0.282 e. The minimum absolute atomic E-state index is 0.000483. The summed E-state index contributed by atoms with van der Waals surface area (Å²) in [5.41, 5.74) is 3.07. The molecule has 2 atom stereocenters. The Morgan fingerprint density at radius 3 is 2.55 bits per heavy atom. The second-order valence-electron chi connectivity index (χ2n) is 5.68. The molecule has 0 heterocycles. The fourth-order valence-electron chi connectivity index (χ4n) is 2.40. The molecule has 0 fully saturated rings. The largest absolute Gasteiger partial charge is 0.330 e. The summed E-state index contributed by atoms with van der Waals surface area (Å²) in [4.78, 5) is 12.3. The zero-order valence-electron chi connectivity index (χ0n) is 13.1. The zero-order chi connectivity index (χ0) is 16.1. The van der Waals surface area contributed by atoms with Crippen LogP contribution in [0.5, 0.6) is 0 Å². The third-order valence-electron chi connectivity index (χ3n) is 3.65. The number of benzene rings is 2. The van der Waals surface area contributed by atoms with Crippen LogP contribution in [0, 0.1) is 6.92 Å². The number of hydrogen-bond donors (Lipinski definition) is 2. The highest BCUT2D eigenvalue weighted by Gasteiger charge is 2.20. The first-order valence-electron chi connectivity index (χ1n) is 7.43. The predicted molar refractivity (Wildman–Crippen MR) is 91.1 cm³/mol. The number of halogens is 1. The number of quaternary nitrogens is 1. The van der Waals surface area contributed by atoms with Gasteiger partial charge in [0, 0.05) is 16.3 Å². The lowest BCUT2D eigenvalue weighted by molar-refractivity contribution is -0.709. The monoisotopic (exact) mass is 317 g/mol. The van der Waals surface area contributed by atoms with Gasteiger partial charge in [-0.05, 0) is 50.6 Å². The number of aryl methyl sites for hydroxylation is 1. The Kier molecular flexibility index (Phi) is 5.58. The summed E-state index contributed by atoms with van der Waals surface area (Å²) in [7, 11) is 0. The van der Waals surface area contributed by atoms with Crippen molar-refractivity contribution in [1.29, 1.82) is 0 Å². The average Bonchev–Trinajstić information content (AvgIpc) is 2.47. The molecule has 0 spiro atoms. The molecule has 0 radical (unpaired) electrons. The standard InChI is InChI=1S/C18H21ClN2O/c1-12-6-4-9-17(10-12)21-18(22)14(3)20-13(2)15-7-5-8-16(19)11-15/h4-11,13-14,20H,1-3H3,(H,21,22)/p+1/t13-,14-/m0/s1. The number of carbonyl (C=O) groups is 1. The number of carbonyl (C=O) groups excluding carboxylic acids is 1. The molecule has 0 saturated carbocycles. The first kappa shape index (κ1) is 16.5. The van der Waals surface area contributed by atoms with Crippen molar-refractivity contribution in [2.45, 2.75) is 32.9 Å². The normalized spacial score (nSPS) is 13.5. The molecule has 0 unspecified atom stereocenters. The van der Waals surface area contributed by atoms with Crippen LogP contribution in [-0.2, 0) is 4.79 Å². The van der Waals surface area contributed by atoms with Crippen molar-refractivity contribution in [2.75, 3.05) is 5.32 Å². The summed E-state index contributed by atoms with van der Waals surface area (Å²) in [6.45, 7) is 5.99. The number of anilines is 1. The van der Waals surface area contributed by atoms with E-state index in [1.54, 1.807) is 0 Å². The Morgan fingerprint density at radius 2 is 1.86 bits per heavy atom. The highest BCUT2D eigenvalue weighted by atomic mass is 35.5. The summed E-state index contributed by atoms with van der Waals surface area (Å²) in [5, 5.41) is 5.71. The molecular weight excluding hydrogens is 296 g/mol. The molecule has 0 bridgehead atoms. The lowest BCUT2D eigenvalue weighted by atomic mass is 10.1. The van der Waals surface area contributed by atoms with Crippen LogP contribution in [0.1, 0.15) is 31.0 Å². The van der Waals surface area contributed by atoms with E-state index in [0.717, 1.165) is 21.8 Å². The summed E-state index contributed by atoms with van der Waals surface area (Å²) >= 11 is 6.02. The van der Waals surface area contributed by atoms with Crippen LogP contribution in [0.2, 0.25) is 5.02 Å². The molecule has 2 rings (SSSR count). The maximum atomic E-state index is 12.3. The topological polar surface area (TPSA) is 45.7 Å². The van der Waals surface area contributed by atoms with Crippen molar-refractivity contribution in [1.82, 2.24) is 0 Å². The van der Waals surface area contributed by atoms with E-state index in [9.17, 15) is 4.79 Å². The maximum absolute atomic E-state index is 12.3. The van der Waals surface area contributed by atoms with Gasteiger partial charge in [0.05, 0.1) is 0 Å². The van der Waals surface area contributed by atoms with Gasteiger partial charge in [-0.25, -0.2) is 0 Å². The predicted octanol–water partition coefficient (Wildman–Crippen LogP) is 3.30. The Morgan fingerprint density at radius 1 is 1.14 bits per heavy atom. The van der Waals surface area contributed by atoms with Crippen LogP contribution in [0.25, 0.3) is 0 Å². The molecule has 0 saturated heterocycles. The number of amides is 1. The van der Waals surface area contributed by atoms with Crippen LogP contribution in [0.4, 0.5) is 5.69 Å². The highest BCUT2D eigenvalue weighted by Crippen LogP contribution is 2.15. The quantitative estimate of drug-likeness (QED) is 0.873. The van der Waals surface area contributed by atoms with Crippen molar-refractivity contribution in [3.63, 3.8) is 0 Å². The van der Waals surface area contributed by atoms with E-state index in [4.69, 9.17) is 11.6 Å². The molecule has 0 aliphatic carbocycles. The molecule has 0 aliphatic rings. The summed E-state index contributed by atoms with van der Waals surface area (Å²) in [5.74, 6) is -0.000483. The Hall–Kier alpha value is -1.84. The van der Waals surface area contributed by atoms with Gasteiger partial charge in [0.1, 0.15) is 6.04 Å². The van der Waals surface area contributed by atoms with Crippen molar-refractivity contribution in [3.8, 4) is 0 Å². The molecule has 2 aromatic carbocycles. The Labute approximate surface area is 136 Å². The first-order valence-corrected chi connectivity index (χ1v) is 7.81. The van der Waals surface area contributed by atoms with Gasteiger partial charge in [-0.15, -0.1) is 0 Å². The van der Waals surface area contributed by atoms with Crippen molar-refractivity contribution in [2.24, 2.45) is 0 Å². The minimum atomic E-state index is -0.186. The lowest BCUT2D eigenvalue weighted by Crippen LogP contribution is -2.91. The number of nitrogens with one attached hydrogen (secondary N) is 1. The third-order valence-corrected chi connectivity index (χ3v) is 3.89. The highest BCUT2D eigenvalue weighted by molar-refractivity contribution is 6.30. The van der Waals surface area contributed by atoms with E-state index in [-0.39, 0.29) is 18.0 Å². The summed E-state index contributed by atoms with van der Waals surface area (Å²) in [6.07, 6.45) is 0. The van der Waals surface area contributed by atoms with Crippen LogP contribution in [0.3, 0.4) is 0 Å². The Bertz CT molecular complexity index is 657. The van der Waals surface area contributed by atoms with Gasteiger partial charge in [-0.1, -0.05) is 35.9 Å². The fraction of sp³-hybridized carbons (Fsp3) is 0.278. The number of hydrogen-bond acceptors (Lipinski definition) is 1. The summed E-state index contributed by atoms with van der Waals surface area (Å²) in [6, 6.07) is 15.5. The van der Waals surface area contributed by atoms with Crippen LogP contribution in [-0.4, -0.2) is 11.9 Å². The van der Waals surface area contributed by atoms with E-state index >= 15 is 0 Å². The average molecular weight is 318 g/mol.